The molecule has 0 aromatic carbocycles. The molecule has 1 aromatic rings. The van der Waals surface area contributed by atoms with E-state index in [9.17, 15) is 8.42 Å². The van der Waals surface area contributed by atoms with Crippen molar-refractivity contribution >= 4 is 16.0 Å². The minimum atomic E-state index is -3.30. The number of anilines is 1. The Kier molecular flexibility index (Phi) is 3.61. The number of nitrogens with zero attached hydrogens (tertiary/aromatic N) is 3. The van der Waals surface area contributed by atoms with Crippen LogP contribution in [0.1, 0.15) is 44.9 Å². The first kappa shape index (κ1) is 13.3. The Morgan fingerprint density at radius 1 is 1.44 bits per heavy atom. The molecule has 0 atom stereocenters. The fourth-order valence-electron chi connectivity index (χ4n) is 1.66. The number of hydrogen-bond acceptors (Lipinski definition) is 4. The second-order valence-corrected chi connectivity index (χ2v) is 7.07. The maximum Gasteiger partial charge on any atom is 0.235 e. The summed E-state index contributed by atoms with van der Waals surface area (Å²) in [6.45, 7) is 3.95. The Balaban J connectivity index is 2.02. The largest absolute Gasteiger partial charge is 0.251 e. The van der Waals surface area contributed by atoms with Crippen molar-refractivity contribution in [1.29, 1.82) is 0 Å². The molecule has 0 spiro atoms. The summed E-state index contributed by atoms with van der Waals surface area (Å²) in [7, 11) is -1.61. The van der Waals surface area contributed by atoms with Gasteiger partial charge in [-0.25, -0.2) is 13.1 Å². The third-order valence-corrected chi connectivity index (χ3v) is 4.30. The highest BCUT2D eigenvalue weighted by Gasteiger charge is 2.24. The van der Waals surface area contributed by atoms with E-state index in [1.54, 1.807) is 7.05 Å². The van der Waals surface area contributed by atoms with E-state index in [0.29, 0.717) is 17.7 Å². The summed E-state index contributed by atoms with van der Waals surface area (Å²) in [5.41, 5.74) is 0. The predicted octanol–water partition coefficient (Wildman–Crippen LogP) is 1.48. The van der Waals surface area contributed by atoms with Gasteiger partial charge in [0.1, 0.15) is 0 Å². The predicted molar refractivity (Wildman–Crippen MR) is 69.8 cm³/mol. The molecule has 0 radical (unpaired) electrons. The molecular weight excluding hydrogens is 252 g/mol. The molecule has 6 nitrogen and oxygen atoms in total. The van der Waals surface area contributed by atoms with Gasteiger partial charge in [0.2, 0.25) is 16.0 Å². The highest BCUT2D eigenvalue weighted by atomic mass is 32.2. The number of aromatic nitrogens is 3. The van der Waals surface area contributed by atoms with Crippen LogP contribution < -0.4 is 4.72 Å². The Bertz CT molecular complexity index is 517. The molecule has 7 heteroatoms. The van der Waals surface area contributed by atoms with Crippen molar-refractivity contribution < 1.29 is 8.42 Å². The van der Waals surface area contributed by atoms with Crippen LogP contribution in [0.4, 0.5) is 5.95 Å². The Morgan fingerprint density at radius 3 is 2.61 bits per heavy atom. The quantitative estimate of drug-likeness (QED) is 0.851. The molecule has 1 N–H and O–H groups in total. The summed E-state index contributed by atoms with van der Waals surface area (Å²) in [5.74, 6) is 1.90. The lowest BCUT2D eigenvalue weighted by molar-refractivity contribution is 0.594. The Labute approximate surface area is 108 Å². The van der Waals surface area contributed by atoms with Crippen molar-refractivity contribution in [2.75, 3.05) is 10.5 Å². The van der Waals surface area contributed by atoms with E-state index in [2.05, 4.69) is 14.8 Å². The average Bonchev–Trinajstić information content (AvgIpc) is 3.02. The van der Waals surface area contributed by atoms with Crippen LogP contribution in [0.5, 0.6) is 0 Å². The topological polar surface area (TPSA) is 76.9 Å². The summed E-state index contributed by atoms with van der Waals surface area (Å²) in [6.07, 6.45) is 3.07. The number of hydrogen-bond donors (Lipinski definition) is 1. The van der Waals surface area contributed by atoms with Crippen molar-refractivity contribution in [3.8, 4) is 0 Å². The lowest BCUT2D eigenvalue weighted by atomic mass is 10.2. The molecule has 2 rings (SSSR count). The van der Waals surface area contributed by atoms with Crippen molar-refractivity contribution in [3.05, 3.63) is 5.82 Å². The first-order chi connectivity index (χ1) is 8.37. The minimum absolute atomic E-state index is 0.168. The van der Waals surface area contributed by atoms with Gasteiger partial charge < -0.3 is 0 Å². The van der Waals surface area contributed by atoms with E-state index >= 15 is 0 Å². The lowest BCUT2D eigenvalue weighted by Gasteiger charge is -2.05. The van der Waals surface area contributed by atoms with Crippen LogP contribution in [0.25, 0.3) is 0 Å². The maximum absolute atomic E-state index is 11.9. The molecular formula is C11H20N4O2S. The van der Waals surface area contributed by atoms with Crippen LogP contribution in [0.15, 0.2) is 0 Å². The van der Waals surface area contributed by atoms with Gasteiger partial charge in [-0.1, -0.05) is 26.7 Å². The van der Waals surface area contributed by atoms with E-state index in [-0.39, 0.29) is 11.7 Å². The molecule has 0 saturated heterocycles. The standard InChI is InChI=1S/C11H20N4O2S/c1-8(2)10-12-11(15(3)13-10)14-18(16,17)7-6-9-4-5-9/h8-9H,4-7H2,1-3H3,(H,12,13,14). The number of sulfonamides is 1. The van der Waals surface area contributed by atoms with Crippen molar-refractivity contribution in [3.63, 3.8) is 0 Å². The van der Waals surface area contributed by atoms with Gasteiger partial charge in [0.05, 0.1) is 5.75 Å². The fraction of sp³-hybridized carbons (Fsp3) is 0.818. The molecule has 18 heavy (non-hydrogen) atoms. The molecule has 1 aromatic heterocycles. The molecule has 1 saturated carbocycles. The monoisotopic (exact) mass is 272 g/mol. The van der Waals surface area contributed by atoms with Crippen LogP contribution in [-0.4, -0.2) is 28.9 Å². The first-order valence-electron chi connectivity index (χ1n) is 6.29. The van der Waals surface area contributed by atoms with Gasteiger partial charge in [-0.05, 0) is 12.3 Å². The van der Waals surface area contributed by atoms with Crippen LogP contribution in [0, 0.1) is 5.92 Å². The SMILES string of the molecule is CC(C)c1nc(NS(=O)(=O)CCC2CC2)n(C)n1. The molecule has 102 valence electrons. The Morgan fingerprint density at radius 2 is 2.11 bits per heavy atom. The van der Waals surface area contributed by atoms with Gasteiger partial charge in [0, 0.05) is 13.0 Å². The minimum Gasteiger partial charge on any atom is -0.251 e. The zero-order valence-corrected chi connectivity index (χ0v) is 11.9. The van der Waals surface area contributed by atoms with E-state index in [0.717, 1.165) is 19.3 Å². The molecule has 1 heterocycles. The van der Waals surface area contributed by atoms with E-state index in [1.165, 1.54) is 4.68 Å². The smallest absolute Gasteiger partial charge is 0.235 e. The van der Waals surface area contributed by atoms with Gasteiger partial charge in [-0.3, -0.25) is 4.72 Å². The van der Waals surface area contributed by atoms with E-state index in [4.69, 9.17) is 0 Å². The fourth-order valence-corrected chi connectivity index (χ4v) is 2.86. The Hall–Kier alpha value is -1.11. The van der Waals surface area contributed by atoms with Crippen LogP contribution in [0.3, 0.4) is 0 Å². The normalized spacial score (nSPS) is 16.2. The summed E-state index contributed by atoms with van der Waals surface area (Å²) in [5, 5.41) is 4.18. The van der Waals surface area contributed by atoms with Crippen LogP contribution >= 0.6 is 0 Å². The third-order valence-electron chi connectivity index (χ3n) is 3.03. The second-order valence-electron chi connectivity index (χ2n) is 5.22. The van der Waals surface area contributed by atoms with E-state index < -0.39 is 10.0 Å². The second kappa shape index (κ2) is 4.87. The molecule has 0 bridgehead atoms. The summed E-state index contributed by atoms with van der Waals surface area (Å²) in [6, 6.07) is 0. The summed E-state index contributed by atoms with van der Waals surface area (Å²) in [4.78, 5) is 4.20. The number of aryl methyl sites for hydroxylation is 1. The molecule has 0 unspecified atom stereocenters. The average molecular weight is 272 g/mol. The molecule has 1 fully saturated rings. The van der Waals surface area contributed by atoms with Gasteiger partial charge in [0.25, 0.3) is 0 Å². The molecule has 1 aliphatic rings. The molecule has 0 aliphatic heterocycles. The van der Waals surface area contributed by atoms with Gasteiger partial charge in [-0.2, -0.15) is 10.1 Å². The third kappa shape index (κ3) is 3.44. The zero-order chi connectivity index (χ0) is 13.3. The number of nitrogens with one attached hydrogen (secondary N) is 1. The lowest BCUT2D eigenvalue weighted by Crippen LogP contribution is -2.19. The summed E-state index contributed by atoms with van der Waals surface area (Å²) >= 11 is 0. The van der Waals surface area contributed by atoms with E-state index in [1.807, 2.05) is 13.8 Å². The first-order valence-corrected chi connectivity index (χ1v) is 7.94. The molecule has 1 aliphatic carbocycles. The van der Waals surface area contributed by atoms with Crippen LogP contribution in [0.2, 0.25) is 0 Å². The molecule has 0 amide bonds. The maximum atomic E-state index is 11.9. The van der Waals surface area contributed by atoms with Gasteiger partial charge in [-0.15, -0.1) is 0 Å². The number of rotatable bonds is 6. The summed E-state index contributed by atoms with van der Waals surface area (Å²) < 4.78 is 27.7. The zero-order valence-electron chi connectivity index (χ0n) is 11.0. The van der Waals surface area contributed by atoms with Crippen molar-refractivity contribution in [2.45, 2.75) is 39.0 Å². The highest BCUT2D eigenvalue weighted by molar-refractivity contribution is 7.92. The van der Waals surface area contributed by atoms with Crippen molar-refractivity contribution in [1.82, 2.24) is 14.8 Å². The highest BCUT2D eigenvalue weighted by Crippen LogP contribution is 2.32. The van der Waals surface area contributed by atoms with Crippen molar-refractivity contribution in [2.24, 2.45) is 13.0 Å². The van der Waals surface area contributed by atoms with Gasteiger partial charge in [0.15, 0.2) is 5.82 Å². The van der Waals surface area contributed by atoms with Gasteiger partial charge >= 0.3 is 0 Å². The van der Waals surface area contributed by atoms with Crippen LogP contribution in [-0.2, 0) is 17.1 Å².